The Labute approximate surface area is 106 Å². The van der Waals surface area contributed by atoms with Crippen LogP contribution < -0.4 is 4.90 Å². The van der Waals surface area contributed by atoms with Crippen LogP contribution >= 0.6 is 0 Å². The molecule has 1 aliphatic rings. The van der Waals surface area contributed by atoms with Crippen molar-refractivity contribution in [1.82, 2.24) is 4.98 Å². The lowest BCUT2D eigenvalue weighted by Crippen LogP contribution is -2.35. The first-order chi connectivity index (χ1) is 8.60. The molecule has 0 radical (unpaired) electrons. The van der Waals surface area contributed by atoms with Crippen LogP contribution in [0.1, 0.15) is 28.9 Å². The quantitative estimate of drug-likeness (QED) is 0.756. The van der Waals surface area contributed by atoms with Gasteiger partial charge in [0.25, 0.3) is 0 Å². The number of methoxy groups -OCH3 is 1. The van der Waals surface area contributed by atoms with Crippen molar-refractivity contribution >= 4 is 11.8 Å². The van der Waals surface area contributed by atoms with Crippen LogP contribution in [-0.4, -0.2) is 37.3 Å². The van der Waals surface area contributed by atoms with Crippen LogP contribution in [-0.2, 0) is 4.74 Å². The molecule has 1 aromatic rings. The molecule has 0 aliphatic carbocycles. The van der Waals surface area contributed by atoms with E-state index in [0.29, 0.717) is 31.5 Å². The van der Waals surface area contributed by atoms with Crippen LogP contribution in [0.4, 0.5) is 10.2 Å². The minimum Gasteiger partial charge on any atom is -0.465 e. The molecule has 5 heteroatoms. The number of piperidine rings is 1. The van der Waals surface area contributed by atoms with E-state index in [0.717, 1.165) is 11.5 Å². The summed E-state index contributed by atoms with van der Waals surface area (Å²) in [6.07, 6.45) is 0.318. The molecule has 1 saturated heterocycles. The van der Waals surface area contributed by atoms with Crippen LogP contribution in [0, 0.1) is 6.92 Å². The molecule has 0 N–H and O–H groups in total. The van der Waals surface area contributed by atoms with Crippen molar-refractivity contribution in [2.45, 2.75) is 25.9 Å². The summed E-state index contributed by atoms with van der Waals surface area (Å²) in [7, 11) is 1.35. The molecule has 0 bridgehead atoms. The second-order valence-electron chi connectivity index (χ2n) is 4.51. The molecule has 0 aromatic carbocycles. The van der Waals surface area contributed by atoms with Gasteiger partial charge in [-0.05, 0) is 31.9 Å². The molecule has 0 saturated carbocycles. The van der Waals surface area contributed by atoms with Crippen LogP contribution in [0.2, 0.25) is 0 Å². The van der Waals surface area contributed by atoms with Crippen molar-refractivity contribution in [2.24, 2.45) is 0 Å². The zero-order valence-electron chi connectivity index (χ0n) is 10.6. The SMILES string of the molecule is COC(=O)c1cc(C)nc(N2CCC(F)CC2)c1. The highest BCUT2D eigenvalue weighted by atomic mass is 19.1. The Morgan fingerprint density at radius 3 is 2.72 bits per heavy atom. The number of hydrogen-bond donors (Lipinski definition) is 0. The summed E-state index contributed by atoms with van der Waals surface area (Å²) in [4.78, 5) is 17.9. The molecule has 4 nitrogen and oxygen atoms in total. The molecule has 98 valence electrons. The molecule has 1 fully saturated rings. The molecular formula is C13H17FN2O2. The maximum atomic E-state index is 13.1. The molecule has 2 heterocycles. The van der Waals surface area contributed by atoms with Gasteiger partial charge in [0.05, 0.1) is 12.7 Å². The second kappa shape index (κ2) is 5.33. The lowest BCUT2D eigenvalue weighted by molar-refractivity contribution is 0.0600. The number of aromatic nitrogens is 1. The first kappa shape index (κ1) is 12.8. The highest BCUT2D eigenvalue weighted by molar-refractivity contribution is 5.90. The Bertz CT molecular complexity index is 443. The first-order valence-corrected chi connectivity index (χ1v) is 6.06. The van der Waals surface area contributed by atoms with Crippen molar-refractivity contribution in [3.05, 3.63) is 23.4 Å². The monoisotopic (exact) mass is 252 g/mol. The number of carbonyl (C=O) groups excluding carboxylic acids is 1. The van der Waals surface area contributed by atoms with E-state index in [1.165, 1.54) is 7.11 Å². The van der Waals surface area contributed by atoms with E-state index in [2.05, 4.69) is 4.98 Å². The largest absolute Gasteiger partial charge is 0.465 e. The summed E-state index contributed by atoms with van der Waals surface area (Å²) in [5, 5.41) is 0. The van der Waals surface area contributed by atoms with Crippen molar-refractivity contribution in [3.8, 4) is 0 Å². The van der Waals surface area contributed by atoms with E-state index in [1.807, 2.05) is 11.8 Å². The van der Waals surface area contributed by atoms with Gasteiger partial charge >= 0.3 is 5.97 Å². The maximum absolute atomic E-state index is 13.1. The summed E-state index contributed by atoms with van der Waals surface area (Å²) in [6, 6.07) is 3.40. The fourth-order valence-electron chi connectivity index (χ4n) is 2.13. The van der Waals surface area contributed by atoms with Gasteiger partial charge in [-0.1, -0.05) is 0 Å². The highest BCUT2D eigenvalue weighted by Crippen LogP contribution is 2.21. The zero-order valence-corrected chi connectivity index (χ0v) is 10.6. The van der Waals surface area contributed by atoms with Crippen molar-refractivity contribution in [1.29, 1.82) is 0 Å². The molecule has 0 amide bonds. The van der Waals surface area contributed by atoms with Crippen LogP contribution in [0.5, 0.6) is 0 Å². The number of anilines is 1. The molecular weight excluding hydrogens is 235 g/mol. The highest BCUT2D eigenvalue weighted by Gasteiger charge is 2.20. The van der Waals surface area contributed by atoms with E-state index in [4.69, 9.17) is 4.74 Å². The number of aryl methyl sites for hydroxylation is 1. The Hall–Kier alpha value is -1.65. The van der Waals surface area contributed by atoms with Gasteiger partial charge in [-0.25, -0.2) is 14.2 Å². The second-order valence-corrected chi connectivity index (χ2v) is 4.51. The van der Waals surface area contributed by atoms with Crippen molar-refractivity contribution < 1.29 is 13.9 Å². The van der Waals surface area contributed by atoms with Crippen molar-refractivity contribution in [2.75, 3.05) is 25.1 Å². The summed E-state index contributed by atoms with van der Waals surface area (Å²) < 4.78 is 17.8. The summed E-state index contributed by atoms with van der Waals surface area (Å²) >= 11 is 0. The third-order valence-corrected chi connectivity index (χ3v) is 3.11. The number of halogens is 1. The van der Waals surface area contributed by atoms with Gasteiger partial charge in [-0.15, -0.1) is 0 Å². The van der Waals surface area contributed by atoms with E-state index in [9.17, 15) is 9.18 Å². The Kier molecular flexibility index (Phi) is 3.79. The van der Waals surface area contributed by atoms with Gasteiger partial charge in [-0.3, -0.25) is 0 Å². The molecule has 1 aromatic heterocycles. The van der Waals surface area contributed by atoms with Gasteiger partial charge in [-0.2, -0.15) is 0 Å². The minimum absolute atomic E-state index is 0.373. The van der Waals surface area contributed by atoms with Crippen LogP contribution in [0.25, 0.3) is 0 Å². The average molecular weight is 252 g/mol. The van der Waals surface area contributed by atoms with E-state index in [1.54, 1.807) is 12.1 Å². The number of esters is 1. The molecule has 2 rings (SSSR count). The lowest BCUT2D eigenvalue weighted by atomic mass is 10.1. The smallest absolute Gasteiger partial charge is 0.338 e. The predicted octanol–water partition coefficient (Wildman–Crippen LogP) is 2.11. The van der Waals surface area contributed by atoms with Crippen LogP contribution in [0.3, 0.4) is 0 Å². The maximum Gasteiger partial charge on any atom is 0.338 e. The lowest BCUT2D eigenvalue weighted by Gasteiger charge is -2.30. The van der Waals surface area contributed by atoms with E-state index < -0.39 is 6.17 Å². The molecule has 18 heavy (non-hydrogen) atoms. The number of pyridine rings is 1. The first-order valence-electron chi connectivity index (χ1n) is 6.06. The normalized spacial score (nSPS) is 16.7. The number of carbonyl (C=O) groups is 1. The van der Waals surface area contributed by atoms with Gasteiger partial charge in [0.15, 0.2) is 0 Å². The number of rotatable bonds is 2. The van der Waals surface area contributed by atoms with Gasteiger partial charge in [0, 0.05) is 18.8 Å². The fourth-order valence-corrected chi connectivity index (χ4v) is 2.13. The zero-order chi connectivity index (χ0) is 13.1. The van der Waals surface area contributed by atoms with Crippen LogP contribution in [0.15, 0.2) is 12.1 Å². The molecule has 0 atom stereocenters. The Morgan fingerprint density at radius 1 is 1.44 bits per heavy atom. The standard InChI is InChI=1S/C13H17FN2O2/c1-9-7-10(13(17)18-2)8-12(15-9)16-5-3-11(14)4-6-16/h7-8,11H,3-6H2,1-2H3. The fraction of sp³-hybridized carbons (Fsp3) is 0.538. The third-order valence-electron chi connectivity index (χ3n) is 3.11. The summed E-state index contributed by atoms with van der Waals surface area (Å²) in [5.74, 6) is 0.351. The average Bonchev–Trinajstić information content (AvgIpc) is 2.38. The third kappa shape index (κ3) is 2.78. The number of hydrogen-bond acceptors (Lipinski definition) is 4. The molecule has 1 aliphatic heterocycles. The Morgan fingerprint density at radius 2 is 2.11 bits per heavy atom. The van der Waals surface area contributed by atoms with E-state index in [-0.39, 0.29) is 5.97 Å². The number of alkyl halides is 1. The van der Waals surface area contributed by atoms with Gasteiger partial charge in [0.2, 0.25) is 0 Å². The number of nitrogens with zero attached hydrogens (tertiary/aromatic N) is 2. The van der Waals surface area contributed by atoms with Gasteiger partial charge < -0.3 is 9.64 Å². The summed E-state index contributed by atoms with van der Waals surface area (Å²) in [6.45, 7) is 3.11. The predicted molar refractivity (Wildman–Crippen MR) is 66.7 cm³/mol. The number of ether oxygens (including phenoxy) is 1. The van der Waals surface area contributed by atoms with E-state index >= 15 is 0 Å². The topological polar surface area (TPSA) is 42.4 Å². The Balaban J connectivity index is 2.22. The molecule has 0 unspecified atom stereocenters. The van der Waals surface area contributed by atoms with Crippen molar-refractivity contribution in [3.63, 3.8) is 0 Å². The summed E-state index contributed by atoms with van der Waals surface area (Å²) in [5.41, 5.74) is 1.25. The molecule has 0 spiro atoms. The van der Waals surface area contributed by atoms with Gasteiger partial charge in [0.1, 0.15) is 12.0 Å². The minimum atomic E-state index is -0.717.